The van der Waals surface area contributed by atoms with Gasteiger partial charge in [-0.2, -0.15) is 4.31 Å². The van der Waals surface area contributed by atoms with E-state index in [9.17, 15) is 18.0 Å². The molecule has 0 aromatic heterocycles. The fraction of sp³-hybridized carbons (Fsp3) is 0.250. The zero-order chi connectivity index (χ0) is 23.2. The molecule has 0 N–H and O–H groups in total. The second-order valence-corrected chi connectivity index (χ2v) is 10.1. The molecule has 0 radical (unpaired) electrons. The lowest BCUT2D eigenvalue weighted by molar-refractivity contribution is -0.114. The van der Waals surface area contributed by atoms with Gasteiger partial charge in [0.15, 0.2) is 0 Å². The van der Waals surface area contributed by atoms with Gasteiger partial charge in [-0.3, -0.25) is 19.4 Å². The third-order valence-corrected chi connectivity index (χ3v) is 8.11. The summed E-state index contributed by atoms with van der Waals surface area (Å²) in [7, 11) is -2.10. The number of fused-ring (bicyclic) bond motifs is 2. The normalized spacial score (nSPS) is 17.5. The van der Waals surface area contributed by atoms with E-state index in [1.165, 1.54) is 16.3 Å². The number of rotatable bonds is 5. The van der Waals surface area contributed by atoms with Crippen molar-refractivity contribution in [2.24, 2.45) is 0 Å². The molecule has 33 heavy (non-hydrogen) atoms. The fourth-order valence-corrected chi connectivity index (χ4v) is 5.79. The summed E-state index contributed by atoms with van der Waals surface area (Å²) in [4.78, 5) is 28.6. The van der Waals surface area contributed by atoms with Crippen LogP contribution in [0.3, 0.4) is 0 Å². The smallest absolute Gasteiger partial charge is 0.300 e. The van der Waals surface area contributed by atoms with E-state index in [0.717, 1.165) is 10.8 Å². The molecular weight excluding hydrogens is 442 g/mol. The Kier molecular flexibility index (Phi) is 5.40. The molecule has 5 rings (SSSR count). The van der Waals surface area contributed by atoms with Crippen molar-refractivity contribution in [3.63, 3.8) is 0 Å². The maximum absolute atomic E-state index is 13.2. The van der Waals surface area contributed by atoms with Crippen LogP contribution >= 0.6 is 0 Å². The molecule has 1 fully saturated rings. The Hall–Kier alpha value is -3.27. The lowest BCUT2D eigenvalue weighted by Crippen LogP contribution is -2.52. The Morgan fingerprint density at radius 2 is 1.61 bits per heavy atom. The monoisotopic (exact) mass is 465 g/mol. The molecular formula is C24H23N3O5S. The van der Waals surface area contributed by atoms with Gasteiger partial charge in [-0.05, 0) is 35.0 Å². The summed E-state index contributed by atoms with van der Waals surface area (Å²) in [6, 6.07) is 17.7. The quantitative estimate of drug-likeness (QED) is 0.538. The lowest BCUT2D eigenvalue weighted by atomic mass is 10.1. The van der Waals surface area contributed by atoms with Crippen molar-refractivity contribution in [1.82, 2.24) is 9.21 Å². The highest BCUT2D eigenvalue weighted by Gasteiger charge is 2.38. The number of ether oxygens (including phenoxy) is 1. The molecule has 1 saturated heterocycles. The number of piperazine rings is 1. The molecule has 0 aliphatic carbocycles. The number of sulfonamides is 1. The molecule has 1 amide bonds. The van der Waals surface area contributed by atoms with Crippen molar-refractivity contribution >= 4 is 38.2 Å². The standard InChI is InChI=1S/C24H23N3O5S/c1-32-19-7-9-21-22(15-19)27(24(29)23(21)28)16-25-10-12-26(13-11-25)33(30,31)20-8-6-17-4-2-3-5-18(17)14-20/h2-9,14-15H,10-13,16H2,1H3. The number of hydrogen-bond donors (Lipinski definition) is 0. The number of Topliss-reactive ketones (excluding diaryl/α,β-unsaturated/α-hetero) is 1. The van der Waals surface area contributed by atoms with Crippen molar-refractivity contribution in [3.8, 4) is 5.75 Å². The summed E-state index contributed by atoms with van der Waals surface area (Å²) >= 11 is 0. The van der Waals surface area contributed by atoms with E-state index in [-0.39, 0.29) is 11.6 Å². The maximum Gasteiger partial charge on any atom is 0.300 e. The Morgan fingerprint density at radius 3 is 2.33 bits per heavy atom. The highest BCUT2D eigenvalue weighted by molar-refractivity contribution is 7.89. The van der Waals surface area contributed by atoms with Gasteiger partial charge in [0, 0.05) is 32.2 Å². The molecule has 0 unspecified atom stereocenters. The van der Waals surface area contributed by atoms with E-state index in [1.54, 1.807) is 30.3 Å². The van der Waals surface area contributed by atoms with Gasteiger partial charge in [0.2, 0.25) is 10.0 Å². The summed E-state index contributed by atoms with van der Waals surface area (Å²) in [6.07, 6.45) is 0. The number of nitrogens with zero attached hydrogens (tertiary/aromatic N) is 3. The van der Waals surface area contributed by atoms with Crippen molar-refractivity contribution in [2.75, 3.05) is 44.9 Å². The molecule has 3 aromatic carbocycles. The second-order valence-electron chi connectivity index (χ2n) is 8.12. The molecule has 2 aliphatic rings. The lowest BCUT2D eigenvalue weighted by Gasteiger charge is -2.35. The van der Waals surface area contributed by atoms with Gasteiger partial charge in [0.1, 0.15) is 5.75 Å². The molecule has 0 spiro atoms. The average Bonchev–Trinajstić information content (AvgIpc) is 3.08. The molecule has 0 atom stereocenters. The van der Waals surface area contributed by atoms with Crippen molar-refractivity contribution in [3.05, 3.63) is 66.2 Å². The van der Waals surface area contributed by atoms with Crippen LogP contribution in [0, 0.1) is 0 Å². The number of hydrogen-bond acceptors (Lipinski definition) is 6. The van der Waals surface area contributed by atoms with Gasteiger partial charge in [-0.1, -0.05) is 30.3 Å². The van der Waals surface area contributed by atoms with Gasteiger partial charge >= 0.3 is 5.91 Å². The van der Waals surface area contributed by atoms with Crippen molar-refractivity contribution in [2.45, 2.75) is 4.90 Å². The highest BCUT2D eigenvalue weighted by atomic mass is 32.2. The number of ketones is 1. The first-order chi connectivity index (χ1) is 15.9. The summed E-state index contributed by atoms with van der Waals surface area (Å²) in [5.74, 6) is -0.554. The largest absolute Gasteiger partial charge is 0.497 e. The number of carbonyl (C=O) groups is 2. The molecule has 3 aromatic rings. The van der Waals surface area contributed by atoms with Gasteiger partial charge in [0.05, 0.1) is 29.9 Å². The van der Waals surface area contributed by atoms with Crippen molar-refractivity contribution in [1.29, 1.82) is 0 Å². The molecule has 170 valence electrons. The van der Waals surface area contributed by atoms with Crippen LogP contribution in [0.5, 0.6) is 5.75 Å². The second kappa shape index (κ2) is 8.26. The van der Waals surface area contributed by atoms with E-state index in [0.29, 0.717) is 43.2 Å². The van der Waals surface area contributed by atoms with E-state index in [4.69, 9.17) is 4.74 Å². The van der Waals surface area contributed by atoms with Crippen LogP contribution in [-0.4, -0.2) is 69.3 Å². The molecule has 2 aliphatic heterocycles. The fourth-order valence-electron chi connectivity index (χ4n) is 4.33. The average molecular weight is 466 g/mol. The summed E-state index contributed by atoms with van der Waals surface area (Å²) in [5.41, 5.74) is 0.883. The predicted octanol–water partition coefficient (Wildman–Crippen LogP) is 2.34. The van der Waals surface area contributed by atoms with E-state index in [1.807, 2.05) is 35.2 Å². The van der Waals surface area contributed by atoms with Crippen LogP contribution in [0.15, 0.2) is 65.6 Å². The minimum atomic E-state index is -3.63. The van der Waals surface area contributed by atoms with E-state index in [2.05, 4.69) is 0 Å². The van der Waals surface area contributed by atoms with Crippen LogP contribution in [0.25, 0.3) is 10.8 Å². The van der Waals surface area contributed by atoms with Gasteiger partial charge in [-0.25, -0.2) is 8.42 Å². The summed E-state index contributed by atoms with van der Waals surface area (Å²) in [6.45, 7) is 1.72. The third-order valence-electron chi connectivity index (χ3n) is 6.21. The molecule has 9 heteroatoms. The van der Waals surface area contributed by atoms with Gasteiger partial charge < -0.3 is 4.74 Å². The zero-order valence-corrected chi connectivity index (χ0v) is 18.9. The van der Waals surface area contributed by atoms with Crippen LogP contribution in [0.4, 0.5) is 5.69 Å². The Bertz CT molecular complexity index is 1360. The summed E-state index contributed by atoms with van der Waals surface area (Å²) in [5, 5.41) is 1.87. The molecule has 0 saturated carbocycles. The van der Waals surface area contributed by atoms with Crippen molar-refractivity contribution < 1.29 is 22.7 Å². The number of carbonyl (C=O) groups excluding carboxylic acids is 2. The van der Waals surface area contributed by atoms with Crippen LogP contribution in [-0.2, 0) is 14.8 Å². The minimum absolute atomic E-state index is 0.217. The van der Waals surface area contributed by atoms with E-state index >= 15 is 0 Å². The van der Waals surface area contributed by atoms with Crippen LogP contribution < -0.4 is 9.64 Å². The Morgan fingerprint density at radius 1 is 0.879 bits per heavy atom. The molecule has 8 nitrogen and oxygen atoms in total. The topological polar surface area (TPSA) is 87.2 Å². The van der Waals surface area contributed by atoms with Gasteiger partial charge in [-0.15, -0.1) is 0 Å². The molecule has 2 heterocycles. The van der Waals surface area contributed by atoms with E-state index < -0.39 is 21.7 Å². The minimum Gasteiger partial charge on any atom is -0.497 e. The van der Waals surface area contributed by atoms with Crippen LogP contribution in [0.2, 0.25) is 0 Å². The first-order valence-electron chi connectivity index (χ1n) is 10.6. The van der Waals surface area contributed by atoms with Crippen LogP contribution in [0.1, 0.15) is 10.4 Å². The number of anilines is 1. The molecule has 0 bridgehead atoms. The first kappa shape index (κ1) is 21.6. The Balaban J connectivity index is 1.29. The number of methoxy groups -OCH3 is 1. The first-order valence-corrected chi connectivity index (χ1v) is 12.1. The Labute approximate surface area is 192 Å². The third kappa shape index (κ3) is 3.78. The highest BCUT2D eigenvalue weighted by Crippen LogP contribution is 2.33. The zero-order valence-electron chi connectivity index (χ0n) is 18.1. The summed E-state index contributed by atoms with van der Waals surface area (Å²) < 4.78 is 33.1. The SMILES string of the molecule is COc1ccc2c(c1)N(CN1CCN(S(=O)(=O)c3ccc4ccccc4c3)CC1)C(=O)C2=O. The maximum atomic E-state index is 13.2. The predicted molar refractivity (Wildman–Crippen MR) is 124 cm³/mol. The van der Waals surface area contributed by atoms with Gasteiger partial charge in [0.25, 0.3) is 5.78 Å². The number of amides is 1. The number of benzene rings is 3.